The van der Waals surface area contributed by atoms with Crippen molar-refractivity contribution in [1.82, 2.24) is 5.32 Å². The summed E-state index contributed by atoms with van der Waals surface area (Å²) in [5, 5.41) is 2.93. The van der Waals surface area contributed by atoms with Crippen LogP contribution in [0.15, 0.2) is 18.2 Å². The number of aryl methyl sites for hydroxylation is 2. The highest BCUT2D eigenvalue weighted by molar-refractivity contribution is 6.18. The minimum absolute atomic E-state index is 0.0523. The van der Waals surface area contributed by atoms with E-state index in [1.165, 1.54) is 11.1 Å². The molecule has 0 aliphatic heterocycles. The van der Waals surface area contributed by atoms with Crippen molar-refractivity contribution in [2.45, 2.75) is 34.1 Å². The van der Waals surface area contributed by atoms with E-state index in [2.05, 4.69) is 31.3 Å². The minimum atomic E-state index is -0.0552. The molecule has 0 atom stereocenters. The van der Waals surface area contributed by atoms with E-state index in [4.69, 9.17) is 11.6 Å². The van der Waals surface area contributed by atoms with Crippen molar-refractivity contribution in [2.24, 2.45) is 5.41 Å². The maximum absolute atomic E-state index is 11.8. The van der Waals surface area contributed by atoms with Crippen molar-refractivity contribution >= 4 is 17.5 Å². The van der Waals surface area contributed by atoms with Gasteiger partial charge < -0.3 is 5.32 Å². The Bertz CT molecular complexity index is 427. The Morgan fingerprint density at radius 2 is 1.94 bits per heavy atom. The van der Waals surface area contributed by atoms with E-state index in [1.807, 2.05) is 19.9 Å². The van der Waals surface area contributed by atoms with Gasteiger partial charge in [-0.15, -0.1) is 11.6 Å². The molecule has 1 amide bonds. The van der Waals surface area contributed by atoms with Crippen LogP contribution in [0.5, 0.6) is 0 Å². The molecular weight excluding hydrogens is 246 g/mol. The number of nitrogens with one attached hydrogen (secondary N) is 1. The van der Waals surface area contributed by atoms with E-state index >= 15 is 0 Å². The zero-order valence-corrected chi connectivity index (χ0v) is 12.4. The Hall–Kier alpha value is -1.02. The molecule has 0 aliphatic carbocycles. The van der Waals surface area contributed by atoms with Gasteiger partial charge in [-0.05, 0) is 36.0 Å². The number of amides is 1. The summed E-state index contributed by atoms with van der Waals surface area (Å²) in [6, 6.07) is 6.14. The average Bonchev–Trinajstić information content (AvgIpc) is 2.32. The Kier molecular flexibility index (Phi) is 5.21. The summed E-state index contributed by atoms with van der Waals surface area (Å²) in [6.07, 6.45) is 0.430. The van der Waals surface area contributed by atoms with Crippen LogP contribution in [0.4, 0.5) is 0 Å². The maximum atomic E-state index is 11.8. The molecule has 0 heterocycles. The fourth-order valence-corrected chi connectivity index (χ4v) is 1.64. The SMILES string of the molecule is Cc1ccc(CC(=O)NCC(C)(C)CCl)cc1C. The van der Waals surface area contributed by atoms with E-state index in [-0.39, 0.29) is 11.3 Å². The number of carbonyl (C=O) groups is 1. The van der Waals surface area contributed by atoms with Crippen LogP contribution in [0.3, 0.4) is 0 Å². The number of hydrogen-bond donors (Lipinski definition) is 1. The maximum Gasteiger partial charge on any atom is 0.224 e. The highest BCUT2D eigenvalue weighted by Crippen LogP contribution is 2.15. The molecule has 0 spiro atoms. The van der Waals surface area contributed by atoms with Crippen molar-refractivity contribution in [3.63, 3.8) is 0 Å². The van der Waals surface area contributed by atoms with Crippen LogP contribution in [-0.4, -0.2) is 18.3 Å². The molecule has 0 saturated heterocycles. The van der Waals surface area contributed by atoms with Crippen LogP contribution in [0.1, 0.15) is 30.5 Å². The van der Waals surface area contributed by atoms with Gasteiger partial charge in [-0.2, -0.15) is 0 Å². The smallest absolute Gasteiger partial charge is 0.224 e. The van der Waals surface area contributed by atoms with Gasteiger partial charge in [0.25, 0.3) is 0 Å². The monoisotopic (exact) mass is 267 g/mol. The number of hydrogen-bond acceptors (Lipinski definition) is 1. The van der Waals surface area contributed by atoms with Crippen LogP contribution < -0.4 is 5.32 Å². The summed E-state index contributed by atoms with van der Waals surface area (Å²) in [6.45, 7) is 8.82. The summed E-state index contributed by atoms with van der Waals surface area (Å²) in [5.74, 6) is 0.591. The Morgan fingerprint density at radius 3 is 2.50 bits per heavy atom. The lowest BCUT2D eigenvalue weighted by Crippen LogP contribution is -2.35. The summed E-state index contributed by atoms with van der Waals surface area (Å²) >= 11 is 5.82. The second kappa shape index (κ2) is 6.24. The van der Waals surface area contributed by atoms with Crippen LogP contribution in [0.2, 0.25) is 0 Å². The quantitative estimate of drug-likeness (QED) is 0.816. The highest BCUT2D eigenvalue weighted by Gasteiger charge is 2.17. The second-order valence-corrected chi connectivity index (χ2v) is 5.94. The molecule has 0 fully saturated rings. The minimum Gasteiger partial charge on any atom is -0.355 e. The van der Waals surface area contributed by atoms with Gasteiger partial charge in [0.15, 0.2) is 0 Å². The Labute approximate surface area is 115 Å². The molecule has 1 rings (SSSR count). The summed E-state index contributed by atoms with van der Waals surface area (Å²) in [4.78, 5) is 11.8. The zero-order chi connectivity index (χ0) is 13.8. The predicted molar refractivity (Wildman–Crippen MR) is 77.1 cm³/mol. The molecule has 0 aromatic heterocycles. The van der Waals surface area contributed by atoms with Gasteiger partial charge in [0.1, 0.15) is 0 Å². The lowest BCUT2D eigenvalue weighted by molar-refractivity contribution is -0.120. The normalized spacial score (nSPS) is 11.4. The molecule has 18 heavy (non-hydrogen) atoms. The van der Waals surface area contributed by atoms with Gasteiger partial charge in [0.2, 0.25) is 5.91 Å². The first-order valence-corrected chi connectivity index (χ1v) is 6.76. The van der Waals surface area contributed by atoms with Crippen LogP contribution >= 0.6 is 11.6 Å². The van der Waals surface area contributed by atoms with E-state index in [0.717, 1.165) is 5.56 Å². The zero-order valence-electron chi connectivity index (χ0n) is 11.6. The van der Waals surface area contributed by atoms with Gasteiger partial charge in [0, 0.05) is 12.4 Å². The van der Waals surface area contributed by atoms with E-state index in [0.29, 0.717) is 18.8 Å². The first-order chi connectivity index (χ1) is 8.34. The van der Waals surface area contributed by atoms with Gasteiger partial charge in [0.05, 0.1) is 6.42 Å². The first kappa shape index (κ1) is 15.0. The van der Waals surface area contributed by atoms with E-state index in [9.17, 15) is 4.79 Å². The summed E-state index contributed by atoms with van der Waals surface area (Å²) in [5.41, 5.74) is 3.48. The van der Waals surface area contributed by atoms with Gasteiger partial charge >= 0.3 is 0 Å². The van der Waals surface area contributed by atoms with Crippen molar-refractivity contribution in [2.75, 3.05) is 12.4 Å². The molecule has 0 radical (unpaired) electrons. The Balaban J connectivity index is 2.52. The highest BCUT2D eigenvalue weighted by atomic mass is 35.5. The summed E-state index contributed by atoms with van der Waals surface area (Å²) in [7, 11) is 0. The molecule has 0 unspecified atom stereocenters. The predicted octanol–water partition coefficient (Wildman–Crippen LogP) is 3.23. The van der Waals surface area contributed by atoms with Crippen LogP contribution in [0, 0.1) is 19.3 Å². The number of halogens is 1. The molecule has 3 heteroatoms. The fraction of sp³-hybridized carbons (Fsp3) is 0.533. The lowest BCUT2D eigenvalue weighted by atomic mass is 9.96. The molecular formula is C15H22ClNO. The number of carbonyl (C=O) groups excluding carboxylic acids is 1. The molecule has 1 N–H and O–H groups in total. The van der Waals surface area contributed by atoms with Crippen LogP contribution in [-0.2, 0) is 11.2 Å². The van der Waals surface area contributed by atoms with Crippen molar-refractivity contribution in [3.05, 3.63) is 34.9 Å². The third-order valence-corrected chi connectivity index (χ3v) is 3.79. The van der Waals surface area contributed by atoms with Crippen molar-refractivity contribution in [3.8, 4) is 0 Å². The molecule has 100 valence electrons. The third kappa shape index (κ3) is 4.69. The first-order valence-electron chi connectivity index (χ1n) is 6.23. The molecule has 2 nitrogen and oxygen atoms in total. The van der Waals surface area contributed by atoms with Crippen molar-refractivity contribution < 1.29 is 4.79 Å². The third-order valence-electron chi connectivity index (χ3n) is 3.06. The standard InChI is InChI=1S/C15H22ClNO/c1-11-5-6-13(7-12(11)2)8-14(18)17-10-15(3,4)9-16/h5-7H,8-10H2,1-4H3,(H,17,18). The lowest BCUT2D eigenvalue weighted by Gasteiger charge is -2.21. The average molecular weight is 268 g/mol. The van der Waals surface area contributed by atoms with Crippen molar-refractivity contribution in [1.29, 1.82) is 0 Å². The van der Waals surface area contributed by atoms with Gasteiger partial charge in [-0.25, -0.2) is 0 Å². The largest absolute Gasteiger partial charge is 0.355 e. The number of alkyl halides is 1. The molecule has 1 aromatic rings. The number of benzene rings is 1. The van der Waals surface area contributed by atoms with Crippen LogP contribution in [0.25, 0.3) is 0 Å². The number of rotatable bonds is 5. The second-order valence-electron chi connectivity index (χ2n) is 5.67. The van der Waals surface area contributed by atoms with E-state index in [1.54, 1.807) is 0 Å². The van der Waals surface area contributed by atoms with Gasteiger partial charge in [-0.1, -0.05) is 32.0 Å². The summed E-state index contributed by atoms with van der Waals surface area (Å²) < 4.78 is 0. The fourth-order valence-electron chi connectivity index (χ4n) is 1.55. The topological polar surface area (TPSA) is 29.1 Å². The molecule has 1 aromatic carbocycles. The van der Waals surface area contributed by atoms with E-state index < -0.39 is 0 Å². The van der Waals surface area contributed by atoms with Gasteiger partial charge in [-0.3, -0.25) is 4.79 Å². The Morgan fingerprint density at radius 1 is 1.28 bits per heavy atom. The molecule has 0 aliphatic rings. The molecule has 0 bridgehead atoms. The molecule has 0 saturated carbocycles.